The summed E-state index contributed by atoms with van der Waals surface area (Å²) < 4.78 is 29.6. The normalized spacial score (nSPS) is 12.6. The van der Waals surface area contributed by atoms with E-state index in [-0.39, 0.29) is 0 Å². The van der Waals surface area contributed by atoms with E-state index in [1.165, 1.54) is 10.6 Å². The van der Waals surface area contributed by atoms with Crippen molar-refractivity contribution in [1.82, 2.24) is 9.62 Å². The highest BCUT2D eigenvalue weighted by Gasteiger charge is 2.12. The largest absolute Gasteiger partial charge is 0.380 e. The molecule has 0 aromatic rings. The quantitative estimate of drug-likeness (QED) is 0.572. The van der Waals surface area contributed by atoms with Crippen LogP contribution in [0.15, 0.2) is 0 Å². The second-order valence-corrected chi connectivity index (χ2v) is 6.81. The molecule has 18 heavy (non-hydrogen) atoms. The third kappa shape index (κ3) is 9.82. The van der Waals surface area contributed by atoms with Gasteiger partial charge in [0.2, 0.25) is 10.0 Å². The Morgan fingerprint density at radius 2 is 1.94 bits per heavy atom. The van der Waals surface area contributed by atoms with Gasteiger partial charge in [0.25, 0.3) is 0 Å². The van der Waals surface area contributed by atoms with E-state index in [0.717, 1.165) is 26.1 Å². The third-order valence-corrected chi connectivity index (χ3v) is 3.84. The van der Waals surface area contributed by atoms with E-state index in [9.17, 15) is 8.42 Å². The Hall–Kier alpha value is -0.170. The third-order valence-electron chi connectivity index (χ3n) is 2.46. The first-order chi connectivity index (χ1) is 8.38. The van der Waals surface area contributed by atoms with E-state index >= 15 is 0 Å². The van der Waals surface area contributed by atoms with Crippen LogP contribution in [0.25, 0.3) is 0 Å². The van der Waals surface area contributed by atoms with Gasteiger partial charge in [-0.15, -0.1) is 0 Å². The highest BCUT2D eigenvalue weighted by molar-refractivity contribution is 7.88. The van der Waals surface area contributed by atoms with Crippen LogP contribution in [0.4, 0.5) is 0 Å². The molecular formula is C12H28N2O3S. The van der Waals surface area contributed by atoms with Gasteiger partial charge in [0.15, 0.2) is 0 Å². The van der Waals surface area contributed by atoms with Crippen molar-refractivity contribution in [3.05, 3.63) is 0 Å². The van der Waals surface area contributed by atoms with Gasteiger partial charge in [-0.1, -0.05) is 20.8 Å². The summed E-state index contributed by atoms with van der Waals surface area (Å²) in [6, 6.07) is 0. The minimum atomic E-state index is -3.05. The molecule has 0 heterocycles. The van der Waals surface area contributed by atoms with E-state index in [4.69, 9.17) is 4.74 Å². The van der Waals surface area contributed by atoms with Gasteiger partial charge >= 0.3 is 0 Å². The minimum absolute atomic E-state index is 0.538. The van der Waals surface area contributed by atoms with Gasteiger partial charge in [-0.25, -0.2) is 12.7 Å². The van der Waals surface area contributed by atoms with E-state index in [2.05, 4.69) is 19.2 Å². The average molecular weight is 280 g/mol. The van der Waals surface area contributed by atoms with Crippen molar-refractivity contribution in [2.45, 2.75) is 27.2 Å². The molecule has 0 rings (SSSR count). The molecule has 0 spiro atoms. The van der Waals surface area contributed by atoms with Crippen molar-refractivity contribution in [3.63, 3.8) is 0 Å². The Morgan fingerprint density at radius 1 is 1.28 bits per heavy atom. The molecule has 0 saturated heterocycles. The molecule has 6 heteroatoms. The Morgan fingerprint density at radius 3 is 2.44 bits per heavy atom. The number of ether oxygens (including phenoxy) is 1. The molecular weight excluding hydrogens is 252 g/mol. The van der Waals surface area contributed by atoms with Crippen molar-refractivity contribution in [3.8, 4) is 0 Å². The van der Waals surface area contributed by atoms with Crippen LogP contribution in [0, 0.1) is 5.92 Å². The fourth-order valence-electron chi connectivity index (χ4n) is 1.53. The number of sulfonamides is 1. The monoisotopic (exact) mass is 280 g/mol. The van der Waals surface area contributed by atoms with Crippen LogP contribution >= 0.6 is 0 Å². The molecule has 0 unspecified atom stereocenters. The summed E-state index contributed by atoms with van der Waals surface area (Å²) in [6.45, 7) is 10.4. The maximum absolute atomic E-state index is 11.3. The lowest BCUT2D eigenvalue weighted by atomic mass is 10.2. The topological polar surface area (TPSA) is 58.6 Å². The molecule has 5 nitrogen and oxygen atoms in total. The Balaban J connectivity index is 3.45. The lowest BCUT2D eigenvalue weighted by Gasteiger charge is -2.17. The summed E-state index contributed by atoms with van der Waals surface area (Å²) in [5.74, 6) is 0.567. The maximum Gasteiger partial charge on any atom is 0.211 e. The summed E-state index contributed by atoms with van der Waals surface area (Å²) >= 11 is 0. The van der Waals surface area contributed by atoms with Crippen LogP contribution in [0.2, 0.25) is 0 Å². The van der Waals surface area contributed by atoms with Gasteiger partial charge in [-0.2, -0.15) is 0 Å². The zero-order chi connectivity index (χ0) is 14.0. The molecule has 0 saturated carbocycles. The van der Waals surface area contributed by atoms with Crippen LogP contribution in [0.5, 0.6) is 0 Å². The molecule has 0 aromatic heterocycles. The van der Waals surface area contributed by atoms with Gasteiger partial charge in [-0.3, -0.25) is 0 Å². The van der Waals surface area contributed by atoms with Gasteiger partial charge < -0.3 is 10.1 Å². The van der Waals surface area contributed by atoms with Gasteiger partial charge in [-0.05, 0) is 18.9 Å². The molecule has 0 aromatic carbocycles. The average Bonchev–Trinajstić information content (AvgIpc) is 2.24. The zero-order valence-electron chi connectivity index (χ0n) is 12.1. The predicted molar refractivity (Wildman–Crippen MR) is 75.2 cm³/mol. The summed E-state index contributed by atoms with van der Waals surface area (Å²) in [5.41, 5.74) is 0. The van der Waals surface area contributed by atoms with Crippen LogP contribution in [0.3, 0.4) is 0 Å². The van der Waals surface area contributed by atoms with Crippen molar-refractivity contribution < 1.29 is 13.2 Å². The SMILES string of the molecule is CCN(CCCNCCOCC(C)C)S(C)(=O)=O. The second-order valence-electron chi connectivity index (χ2n) is 4.83. The smallest absolute Gasteiger partial charge is 0.211 e. The Labute approximate surface area is 112 Å². The number of rotatable bonds is 11. The lowest BCUT2D eigenvalue weighted by molar-refractivity contribution is 0.112. The van der Waals surface area contributed by atoms with Gasteiger partial charge in [0.1, 0.15) is 0 Å². The Bertz CT molecular complexity index is 292. The van der Waals surface area contributed by atoms with E-state index in [1.807, 2.05) is 6.92 Å². The molecule has 0 amide bonds. The number of nitrogens with zero attached hydrogens (tertiary/aromatic N) is 1. The van der Waals surface area contributed by atoms with Gasteiger partial charge in [0, 0.05) is 26.2 Å². The molecule has 0 radical (unpaired) electrons. The molecule has 0 aliphatic heterocycles. The van der Waals surface area contributed by atoms with Crippen LogP contribution in [-0.2, 0) is 14.8 Å². The molecule has 0 aliphatic carbocycles. The van der Waals surface area contributed by atoms with Crippen molar-refractivity contribution >= 4 is 10.0 Å². The molecule has 0 fully saturated rings. The second kappa shape index (κ2) is 9.72. The first-order valence-electron chi connectivity index (χ1n) is 6.61. The first kappa shape index (κ1) is 17.8. The van der Waals surface area contributed by atoms with Crippen molar-refractivity contribution in [2.75, 3.05) is 45.6 Å². The van der Waals surface area contributed by atoms with Crippen LogP contribution in [0.1, 0.15) is 27.2 Å². The highest BCUT2D eigenvalue weighted by atomic mass is 32.2. The molecule has 0 atom stereocenters. The van der Waals surface area contributed by atoms with E-state index < -0.39 is 10.0 Å². The number of nitrogens with one attached hydrogen (secondary N) is 1. The van der Waals surface area contributed by atoms with Crippen molar-refractivity contribution in [1.29, 1.82) is 0 Å². The number of hydrogen-bond acceptors (Lipinski definition) is 4. The lowest BCUT2D eigenvalue weighted by Crippen LogP contribution is -2.32. The standard InChI is InChI=1S/C12H28N2O3S/c1-5-14(18(4,15)16)9-6-7-13-8-10-17-11-12(2)3/h12-13H,5-11H2,1-4H3. The molecule has 0 aliphatic rings. The fraction of sp³-hybridized carbons (Fsp3) is 1.00. The van der Waals surface area contributed by atoms with Crippen molar-refractivity contribution in [2.24, 2.45) is 5.92 Å². The Kier molecular flexibility index (Phi) is 9.63. The van der Waals surface area contributed by atoms with Gasteiger partial charge in [0.05, 0.1) is 12.9 Å². The fourth-order valence-corrected chi connectivity index (χ4v) is 2.46. The molecule has 0 bridgehead atoms. The highest BCUT2D eigenvalue weighted by Crippen LogP contribution is 1.98. The summed E-state index contributed by atoms with van der Waals surface area (Å²) in [5, 5.41) is 3.24. The summed E-state index contributed by atoms with van der Waals surface area (Å²) in [7, 11) is -3.05. The van der Waals surface area contributed by atoms with Crippen LogP contribution < -0.4 is 5.32 Å². The maximum atomic E-state index is 11.3. The predicted octanol–water partition coefficient (Wildman–Crippen LogP) is 0.920. The van der Waals surface area contributed by atoms with Crippen LogP contribution in [-0.4, -0.2) is 58.4 Å². The summed E-state index contributed by atoms with van der Waals surface area (Å²) in [6.07, 6.45) is 2.08. The minimum Gasteiger partial charge on any atom is -0.380 e. The van der Waals surface area contributed by atoms with E-state index in [0.29, 0.717) is 25.6 Å². The first-order valence-corrected chi connectivity index (χ1v) is 8.46. The zero-order valence-corrected chi connectivity index (χ0v) is 12.9. The van der Waals surface area contributed by atoms with E-state index in [1.54, 1.807) is 0 Å². The number of hydrogen-bond donors (Lipinski definition) is 1. The summed E-state index contributed by atoms with van der Waals surface area (Å²) in [4.78, 5) is 0. The molecule has 110 valence electrons. The molecule has 1 N–H and O–H groups in total.